The van der Waals surface area contributed by atoms with Crippen molar-refractivity contribution in [2.75, 3.05) is 0 Å². The molecule has 59 heavy (non-hydrogen) atoms. The van der Waals surface area contributed by atoms with Gasteiger partial charge in [-0.15, -0.1) is 0 Å². The molecule has 1 aliphatic carbocycles. The Balaban J connectivity index is 1.25. The maximum absolute atomic E-state index is 14.7. The van der Waals surface area contributed by atoms with Crippen molar-refractivity contribution in [3.63, 3.8) is 0 Å². The summed E-state index contributed by atoms with van der Waals surface area (Å²) in [6.45, 7) is 0. The molecule has 0 fully saturated rings. The summed E-state index contributed by atoms with van der Waals surface area (Å²) in [5.41, 5.74) is 5.40. The van der Waals surface area contributed by atoms with Crippen LogP contribution in [0.25, 0.3) is 54.2 Å². The first-order chi connectivity index (χ1) is 29.1. The van der Waals surface area contributed by atoms with Gasteiger partial charge in [0.05, 0.1) is 16.5 Å². The quantitative estimate of drug-likeness (QED) is 0.125. The van der Waals surface area contributed by atoms with Crippen molar-refractivity contribution >= 4 is 55.0 Å². The second-order valence-corrected chi connectivity index (χ2v) is 15.0. The number of carbonyl (C=O) groups is 2. The molecule has 0 bridgehead atoms. The molecule has 11 rings (SSSR count). The topological polar surface area (TPSA) is 52.6 Å². The molecular formula is C55H34O4. The summed E-state index contributed by atoms with van der Waals surface area (Å²) in [6.07, 6.45) is 0. The SMILES string of the molecule is O=C(Oc1ccc2ccccc2c1C1(c2c(OC(=O)c3cccc4ccccc34)ccc3ccccc23)c2ccccc2-c2ccccc21)c1cccc2ccccc12. The number of benzene rings is 10. The van der Waals surface area contributed by atoms with E-state index < -0.39 is 17.4 Å². The van der Waals surface area contributed by atoms with E-state index >= 15 is 0 Å². The number of hydrogen-bond donors (Lipinski definition) is 0. The Morgan fingerprint density at radius 1 is 0.322 bits per heavy atom. The second-order valence-electron chi connectivity index (χ2n) is 15.0. The number of carbonyl (C=O) groups excluding carboxylic acids is 2. The van der Waals surface area contributed by atoms with Gasteiger partial charge in [0.25, 0.3) is 0 Å². The Bertz CT molecular complexity index is 3110. The van der Waals surface area contributed by atoms with Gasteiger partial charge in [0.15, 0.2) is 0 Å². The van der Waals surface area contributed by atoms with Crippen LogP contribution in [0.15, 0.2) is 206 Å². The van der Waals surface area contributed by atoms with Crippen LogP contribution < -0.4 is 9.47 Å². The van der Waals surface area contributed by atoms with E-state index in [1.54, 1.807) is 0 Å². The molecule has 0 unspecified atom stereocenters. The van der Waals surface area contributed by atoms with Crippen LogP contribution in [0.5, 0.6) is 11.5 Å². The van der Waals surface area contributed by atoms with Gasteiger partial charge in [-0.3, -0.25) is 0 Å². The van der Waals surface area contributed by atoms with E-state index in [0.717, 1.165) is 76.5 Å². The van der Waals surface area contributed by atoms with Gasteiger partial charge < -0.3 is 9.47 Å². The predicted octanol–water partition coefficient (Wildman–Crippen LogP) is 13.1. The van der Waals surface area contributed by atoms with Crippen molar-refractivity contribution in [2.24, 2.45) is 0 Å². The maximum atomic E-state index is 14.7. The predicted molar refractivity (Wildman–Crippen MR) is 237 cm³/mol. The number of ether oxygens (including phenoxy) is 2. The van der Waals surface area contributed by atoms with Crippen molar-refractivity contribution < 1.29 is 19.1 Å². The Kier molecular flexibility index (Phi) is 7.99. The lowest BCUT2D eigenvalue weighted by molar-refractivity contribution is 0.0728. The number of fused-ring (bicyclic) bond motifs is 7. The molecule has 0 atom stereocenters. The van der Waals surface area contributed by atoms with Crippen molar-refractivity contribution in [3.05, 3.63) is 240 Å². The lowest BCUT2D eigenvalue weighted by Gasteiger charge is -2.37. The van der Waals surface area contributed by atoms with Gasteiger partial charge in [0.1, 0.15) is 11.5 Å². The molecule has 0 saturated heterocycles. The van der Waals surface area contributed by atoms with Gasteiger partial charge in [0.2, 0.25) is 0 Å². The van der Waals surface area contributed by atoms with E-state index in [1.807, 2.05) is 133 Å². The maximum Gasteiger partial charge on any atom is 0.344 e. The van der Waals surface area contributed by atoms with E-state index in [4.69, 9.17) is 9.47 Å². The molecule has 0 aromatic heterocycles. The van der Waals surface area contributed by atoms with Crippen LogP contribution in [0, 0.1) is 0 Å². The average Bonchev–Trinajstić information content (AvgIpc) is 3.58. The fourth-order valence-corrected chi connectivity index (χ4v) is 9.46. The molecule has 4 heteroatoms. The molecule has 10 aromatic carbocycles. The second kappa shape index (κ2) is 13.7. The minimum Gasteiger partial charge on any atom is -0.423 e. The van der Waals surface area contributed by atoms with E-state index in [0.29, 0.717) is 22.6 Å². The zero-order valence-corrected chi connectivity index (χ0v) is 31.8. The van der Waals surface area contributed by atoms with E-state index in [9.17, 15) is 9.59 Å². The first kappa shape index (κ1) is 34.4. The van der Waals surface area contributed by atoms with Crippen LogP contribution in [0.4, 0.5) is 0 Å². The van der Waals surface area contributed by atoms with Crippen LogP contribution in [0.2, 0.25) is 0 Å². The van der Waals surface area contributed by atoms with Crippen LogP contribution in [-0.4, -0.2) is 11.9 Å². The minimum absolute atomic E-state index is 0.410. The summed E-state index contributed by atoms with van der Waals surface area (Å²) in [6, 6.07) is 68.2. The lowest BCUT2D eigenvalue weighted by Crippen LogP contribution is -2.31. The summed E-state index contributed by atoms with van der Waals surface area (Å²) < 4.78 is 13.5. The van der Waals surface area contributed by atoms with Gasteiger partial charge in [-0.2, -0.15) is 0 Å². The normalized spacial score (nSPS) is 12.7. The highest BCUT2D eigenvalue weighted by Gasteiger charge is 2.51. The van der Waals surface area contributed by atoms with Crippen molar-refractivity contribution in [1.29, 1.82) is 0 Å². The standard InChI is InChI=1S/C55H34O4/c56-53(45-27-13-19-35-15-1-5-21-39(35)45)58-49-33-31-37-17-3-7-23-41(37)51(49)55(47-29-11-9-25-43(47)44-26-10-12-30-48(44)55)52-42-24-8-4-18-38(42)32-34-50(52)59-54(57)46-28-14-20-36-16-2-6-22-40(36)46/h1-34H. The van der Waals surface area contributed by atoms with Gasteiger partial charge in [0, 0.05) is 11.1 Å². The van der Waals surface area contributed by atoms with Crippen molar-refractivity contribution in [1.82, 2.24) is 0 Å². The molecule has 0 aliphatic heterocycles. The van der Waals surface area contributed by atoms with Crippen LogP contribution >= 0.6 is 0 Å². The summed E-state index contributed by atoms with van der Waals surface area (Å²) in [7, 11) is 0. The van der Waals surface area contributed by atoms with Gasteiger partial charge in [-0.25, -0.2) is 9.59 Å². The third-order valence-corrected chi connectivity index (χ3v) is 11.9. The summed E-state index contributed by atoms with van der Waals surface area (Å²) >= 11 is 0. The molecule has 4 nitrogen and oxygen atoms in total. The largest absolute Gasteiger partial charge is 0.423 e. The third kappa shape index (κ3) is 5.30. The summed E-state index contributed by atoms with van der Waals surface area (Å²) in [5.74, 6) is -0.109. The first-order valence-electron chi connectivity index (χ1n) is 19.7. The zero-order chi connectivity index (χ0) is 39.5. The van der Waals surface area contributed by atoms with Gasteiger partial charge >= 0.3 is 11.9 Å². The monoisotopic (exact) mass is 758 g/mol. The average molecular weight is 759 g/mol. The van der Waals surface area contributed by atoms with Gasteiger partial charge in [-0.05, 0) is 89.6 Å². The summed E-state index contributed by atoms with van der Waals surface area (Å²) in [5, 5.41) is 7.28. The molecule has 1 aliphatic rings. The van der Waals surface area contributed by atoms with Crippen molar-refractivity contribution in [2.45, 2.75) is 5.41 Å². The molecule has 0 amide bonds. The van der Waals surface area contributed by atoms with Crippen LogP contribution in [0.3, 0.4) is 0 Å². The zero-order valence-electron chi connectivity index (χ0n) is 31.8. The van der Waals surface area contributed by atoms with Crippen LogP contribution in [0.1, 0.15) is 43.0 Å². The lowest BCUT2D eigenvalue weighted by atomic mass is 9.64. The molecular weight excluding hydrogens is 725 g/mol. The Labute approximate surface area is 340 Å². The Hall–Kier alpha value is -7.82. The van der Waals surface area contributed by atoms with Crippen LogP contribution in [-0.2, 0) is 5.41 Å². The molecule has 10 aromatic rings. The molecule has 0 radical (unpaired) electrons. The van der Waals surface area contributed by atoms with E-state index in [-0.39, 0.29) is 0 Å². The Morgan fingerprint density at radius 3 is 1.10 bits per heavy atom. The smallest absolute Gasteiger partial charge is 0.344 e. The molecule has 0 heterocycles. The molecule has 278 valence electrons. The van der Waals surface area contributed by atoms with E-state index in [1.165, 1.54) is 0 Å². The number of hydrogen-bond acceptors (Lipinski definition) is 4. The number of rotatable bonds is 6. The third-order valence-electron chi connectivity index (χ3n) is 11.9. The molecule has 0 N–H and O–H groups in total. The minimum atomic E-state index is -1.16. The first-order valence-corrected chi connectivity index (χ1v) is 19.7. The van der Waals surface area contributed by atoms with Crippen molar-refractivity contribution in [3.8, 4) is 22.6 Å². The summed E-state index contributed by atoms with van der Waals surface area (Å²) in [4.78, 5) is 29.3. The van der Waals surface area contributed by atoms with E-state index in [2.05, 4.69) is 72.8 Å². The molecule has 0 spiro atoms. The highest BCUT2D eigenvalue weighted by molar-refractivity contribution is 6.08. The fraction of sp³-hybridized carbons (Fsp3) is 0.0182. The highest BCUT2D eigenvalue weighted by atomic mass is 16.5. The highest BCUT2D eigenvalue weighted by Crippen LogP contribution is 2.62. The Morgan fingerprint density at radius 2 is 0.661 bits per heavy atom. The molecule has 0 saturated carbocycles. The number of esters is 2. The van der Waals surface area contributed by atoms with Gasteiger partial charge in [-0.1, -0.05) is 182 Å². The fourth-order valence-electron chi connectivity index (χ4n) is 9.46.